The van der Waals surface area contributed by atoms with Crippen molar-refractivity contribution in [3.63, 3.8) is 0 Å². The van der Waals surface area contributed by atoms with E-state index in [4.69, 9.17) is 5.73 Å². The van der Waals surface area contributed by atoms with Crippen LogP contribution in [0.5, 0.6) is 5.75 Å². The van der Waals surface area contributed by atoms with Crippen molar-refractivity contribution in [2.24, 2.45) is 0 Å². The molecule has 5 aromatic rings. The van der Waals surface area contributed by atoms with Crippen molar-refractivity contribution >= 4 is 34.4 Å². The van der Waals surface area contributed by atoms with Crippen molar-refractivity contribution in [3.05, 3.63) is 126 Å². The number of rotatable bonds is 8. The molecular formula is C38H42N8O4. The number of nitrogens with one attached hydrogen (secondary N) is 1. The van der Waals surface area contributed by atoms with Gasteiger partial charge < -0.3 is 26.0 Å². The smallest absolute Gasteiger partial charge is 0.334 e. The molecule has 4 N–H and O–H groups in total. The minimum absolute atomic E-state index is 0. The van der Waals surface area contributed by atoms with Crippen LogP contribution < -0.4 is 11.1 Å². The van der Waals surface area contributed by atoms with E-state index in [0.29, 0.717) is 18.8 Å². The predicted molar refractivity (Wildman–Crippen MR) is 191 cm³/mol. The average Bonchev–Trinajstić information content (AvgIpc) is 3.51. The van der Waals surface area contributed by atoms with Crippen LogP contribution in [-0.4, -0.2) is 84.9 Å². The minimum Gasteiger partial charge on any atom is -0.508 e. The lowest BCUT2D eigenvalue weighted by atomic mass is 9.98. The first-order chi connectivity index (χ1) is 23.8. The number of phenolic OH excluding ortho intramolecular Hbond substituents is 1. The van der Waals surface area contributed by atoms with Gasteiger partial charge in [0.1, 0.15) is 18.0 Å². The zero-order chi connectivity index (χ0) is 34.1. The number of amides is 4. The summed E-state index contributed by atoms with van der Waals surface area (Å²) in [5, 5.41) is 21.6. The molecule has 0 unspecified atom stereocenters. The van der Waals surface area contributed by atoms with E-state index in [1.165, 1.54) is 0 Å². The molecule has 0 spiro atoms. The fourth-order valence-electron chi connectivity index (χ4n) is 6.83. The van der Waals surface area contributed by atoms with Gasteiger partial charge in [-0.15, -0.1) is 0 Å². The number of hydrogen-bond acceptors (Lipinski definition) is 7. The van der Waals surface area contributed by atoms with Crippen molar-refractivity contribution in [3.8, 4) is 5.75 Å². The number of carbonyl (C=O) groups excluding carboxylic acids is 3. The van der Waals surface area contributed by atoms with Crippen LogP contribution in [0.15, 0.2) is 103 Å². The van der Waals surface area contributed by atoms with Gasteiger partial charge >= 0.3 is 6.03 Å². The van der Waals surface area contributed by atoms with E-state index in [2.05, 4.69) is 10.4 Å². The van der Waals surface area contributed by atoms with Gasteiger partial charge in [0, 0.05) is 37.6 Å². The number of nitrogen functional groups attached to an aromatic ring is 1. The highest BCUT2D eigenvalue weighted by Gasteiger charge is 2.50. The van der Waals surface area contributed by atoms with Crippen LogP contribution in [0.25, 0.3) is 10.9 Å². The van der Waals surface area contributed by atoms with E-state index in [-0.39, 0.29) is 57.1 Å². The van der Waals surface area contributed by atoms with Gasteiger partial charge in [-0.1, -0.05) is 80.2 Å². The number of benzene rings is 4. The van der Waals surface area contributed by atoms with Crippen molar-refractivity contribution in [2.45, 2.75) is 45.7 Å². The zero-order valence-corrected chi connectivity index (χ0v) is 27.1. The van der Waals surface area contributed by atoms with E-state index < -0.39 is 12.2 Å². The Morgan fingerprint density at radius 1 is 0.900 bits per heavy atom. The van der Waals surface area contributed by atoms with Gasteiger partial charge in [0.15, 0.2) is 0 Å². The van der Waals surface area contributed by atoms with Crippen LogP contribution in [0.2, 0.25) is 0 Å². The molecule has 2 aliphatic rings. The normalized spacial score (nSPS) is 17.8. The molecule has 2 fully saturated rings. The predicted octanol–water partition coefficient (Wildman–Crippen LogP) is 4.19. The Morgan fingerprint density at radius 3 is 2.38 bits per heavy atom. The Bertz CT molecular complexity index is 2000. The first-order valence-corrected chi connectivity index (χ1v) is 16.2. The SMILES string of the molecule is C.CN1CC(=O)N2[C@@H](Cc3ccc(O)cc3)C(=O)N(Cc3cccc4c3cnn4Cc3ccccc3N)C[C@@H]2N1C(=O)NCc1ccccc1. The molecule has 1 aromatic heterocycles. The van der Waals surface area contributed by atoms with Crippen molar-refractivity contribution in [1.82, 2.24) is 34.9 Å². The lowest BCUT2D eigenvalue weighted by Crippen LogP contribution is -2.76. The fourth-order valence-corrected chi connectivity index (χ4v) is 6.83. The van der Waals surface area contributed by atoms with Gasteiger partial charge in [0.2, 0.25) is 11.8 Å². The molecular weight excluding hydrogens is 632 g/mol. The number of carbonyl (C=O) groups is 3. The van der Waals surface area contributed by atoms with Crippen LogP contribution >= 0.6 is 0 Å². The van der Waals surface area contributed by atoms with E-state index in [9.17, 15) is 19.5 Å². The highest BCUT2D eigenvalue weighted by atomic mass is 16.3. The van der Waals surface area contributed by atoms with Crippen molar-refractivity contribution in [2.75, 3.05) is 25.9 Å². The van der Waals surface area contributed by atoms with Crippen LogP contribution in [0.4, 0.5) is 10.5 Å². The van der Waals surface area contributed by atoms with Gasteiger partial charge in [-0.25, -0.2) is 14.8 Å². The van der Waals surface area contributed by atoms with E-state index in [0.717, 1.165) is 33.2 Å². The summed E-state index contributed by atoms with van der Waals surface area (Å²) < 4.78 is 1.89. The largest absolute Gasteiger partial charge is 0.508 e. The molecule has 2 saturated heterocycles. The summed E-state index contributed by atoms with van der Waals surface area (Å²) in [6.45, 7) is 1.12. The third kappa shape index (κ3) is 6.70. The topological polar surface area (TPSA) is 140 Å². The quantitative estimate of drug-likeness (QED) is 0.210. The zero-order valence-electron chi connectivity index (χ0n) is 27.1. The number of aromatic hydroxyl groups is 1. The highest BCUT2D eigenvalue weighted by molar-refractivity contribution is 5.92. The number of nitrogens with zero attached hydrogens (tertiary/aromatic N) is 6. The molecule has 12 nitrogen and oxygen atoms in total. The third-order valence-electron chi connectivity index (χ3n) is 9.31. The monoisotopic (exact) mass is 674 g/mol. The Morgan fingerprint density at radius 2 is 1.62 bits per heavy atom. The van der Waals surface area contributed by atoms with Crippen LogP contribution in [-0.2, 0) is 35.6 Å². The van der Waals surface area contributed by atoms with Crippen LogP contribution in [0, 0.1) is 0 Å². The number of anilines is 1. The molecule has 4 amide bonds. The molecule has 4 aromatic carbocycles. The molecule has 0 aliphatic carbocycles. The van der Waals surface area contributed by atoms with Gasteiger partial charge in [-0.3, -0.25) is 14.3 Å². The molecule has 0 saturated carbocycles. The van der Waals surface area contributed by atoms with Crippen molar-refractivity contribution < 1.29 is 19.5 Å². The summed E-state index contributed by atoms with van der Waals surface area (Å²) in [4.78, 5) is 45.2. The molecule has 12 heteroatoms. The average molecular weight is 675 g/mol. The third-order valence-corrected chi connectivity index (χ3v) is 9.31. The molecule has 0 bridgehead atoms. The van der Waals surface area contributed by atoms with Crippen LogP contribution in [0.1, 0.15) is 29.7 Å². The molecule has 0 radical (unpaired) electrons. The Labute approximate surface area is 291 Å². The molecule has 50 heavy (non-hydrogen) atoms. The number of nitrogens with two attached hydrogens (primary N) is 1. The molecule has 258 valence electrons. The summed E-state index contributed by atoms with van der Waals surface area (Å²) in [5.74, 6) is -0.341. The lowest BCUT2D eigenvalue weighted by Gasteiger charge is -2.54. The van der Waals surface area contributed by atoms with E-state index in [1.54, 1.807) is 57.3 Å². The maximum absolute atomic E-state index is 14.4. The van der Waals surface area contributed by atoms with Gasteiger partial charge in [-0.05, 0) is 46.5 Å². The number of hydrazine groups is 1. The summed E-state index contributed by atoms with van der Waals surface area (Å²) >= 11 is 0. The summed E-state index contributed by atoms with van der Waals surface area (Å²) in [7, 11) is 1.71. The second kappa shape index (κ2) is 14.3. The fraction of sp³-hybridized carbons (Fsp3) is 0.263. The number of aromatic nitrogens is 2. The van der Waals surface area contributed by atoms with Gasteiger partial charge in [0.05, 0.1) is 31.3 Å². The molecule has 2 aliphatic heterocycles. The second-order valence-corrected chi connectivity index (χ2v) is 12.5. The van der Waals surface area contributed by atoms with Gasteiger partial charge in [0.25, 0.3) is 0 Å². The minimum atomic E-state index is -0.864. The van der Waals surface area contributed by atoms with Gasteiger partial charge in [-0.2, -0.15) is 5.10 Å². The number of urea groups is 1. The maximum atomic E-state index is 14.4. The number of hydrogen-bond donors (Lipinski definition) is 3. The first kappa shape index (κ1) is 34.0. The number of para-hydroxylation sites is 1. The molecule has 7 rings (SSSR count). The van der Waals surface area contributed by atoms with Crippen molar-refractivity contribution in [1.29, 1.82) is 0 Å². The number of phenols is 1. The van der Waals surface area contributed by atoms with E-state index >= 15 is 0 Å². The highest BCUT2D eigenvalue weighted by Crippen LogP contribution is 2.30. The lowest BCUT2D eigenvalue weighted by molar-refractivity contribution is -0.187. The number of piperazine rings is 1. The second-order valence-electron chi connectivity index (χ2n) is 12.5. The Kier molecular flexibility index (Phi) is 9.73. The summed E-state index contributed by atoms with van der Waals surface area (Å²) in [6, 6.07) is 28.6. The van der Waals surface area contributed by atoms with E-state index in [1.807, 2.05) is 77.5 Å². The summed E-state index contributed by atoms with van der Waals surface area (Å²) in [6.07, 6.45) is 1.28. The number of likely N-dealkylation sites (N-methyl/N-ethyl adjacent to an activating group) is 1. The first-order valence-electron chi connectivity index (χ1n) is 16.2. The summed E-state index contributed by atoms with van der Waals surface area (Å²) in [5.41, 5.74) is 11.4. The molecule has 3 heterocycles. The maximum Gasteiger partial charge on any atom is 0.334 e. The number of fused-ring (bicyclic) bond motifs is 2. The standard InChI is InChI=1S/C37H38N8O4.CH4/c1-41-24-35(47)44-33(18-25-14-16-29(46)17-15-25)36(48)42(23-34(44)45(41)37(49)39-19-26-8-3-2-4-9-26)21-27-11-7-13-32-30(27)20-40-43(32)22-28-10-5-6-12-31(28)38;/h2-17,20,33-34,46H,18-19,21-24,38H2,1H3,(H,39,49);1H4/t33-,34-;/m0./s1. The van der Waals surface area contributed by atoms with Crippen LogP contribution in [0.3, 0.4) is 0 Å². The Balaban J connectivity index is 0.00000432. The Hall–Kier alpha value is -5.88. The molecule has 2 atom stereocenters.